The number of carbonyl (C=O) groups excluding carboxylic acids is 3. The van der Waals surface area contributed by atoms with Crippen molar-refractivity contribution in [3.63, 3.8) is 0 Å². The summed E-state index contributed by atoms with van der Waals surface area (Å²) in [6, 6.07) is 9.95. The topological polar surface area (TPSA) is 113 Å². The molecule has 1 aliphatic rings. The Hall–Kier alpha value is -3.72. The Labute approximate surface area is 204 Å². The Kier molecular flexibility index (Phi) is 6.39. The number of hydrogen-bond donors (Lipinski definition) is 2. The number of aromatic amines is 1. The van der Waals surface area contributed by atoms with Crippen molar-refractivity contribution in [3.8, 4) is 0 Å². The fourth-order valence-electron chi connectivity index (χ4n) is 4.30. The number of benzene rings is 1. The number of ether oxygens (including phenoxy) is 1. The lowest BCUT2D eigenvalue weighted by Crippen LogP contribution is -2.29. The number of amides is 1. The van der Waals surface area contributed by atoms with Crippen molar-refractivity contribution >= 4 is 39.3 Å². The fraction of sp³-hybridized carbons (Fsp3) is 0.200. The average molecular weight is 524 g/mol. The Balaban J connectivity index is 1.92. The number of methoxy groups -OCH3 is 1. The summed E-state index contributed by atoms with van der Waals surface area (Å²) >= 11 is 3.45. The highest BCUT2D eigenvalue weighted by atomic mass is 79.9. The lowest BCUT2D eigenvalue weighted by atomic mass is 9.94. The number of pyridine rings is 1. The van der Waals surface area contributed by atoms with Crippen LogP contribution in [0.5, 0.6) is 0 Å². The van der Waals surface area contributed by atoms with Crippen molar-refractivity contribution in [2.24, 2.45) is 0 Å². The molecule has 0 aliphatic carbocycles. The molecule has 3 aromatic rings. The van der Waals surface area contributed by atoms with Crippen LogP contribution in [0.2, 0.25) is 0 Å². The molecule has 1 aromatic carbocycles. The number of rotatable bonds is 5. The molecule has 1 atom stereocenters. The summed E-state index contributed by atoms with van der Waals surface area (Å²) in [5, 5.41) is 11.4. The molecule has 0 bridgehead atoms. The Morgan fingerprint density at radius 1 is 1.24 bits per heavy atom. The molecule has 1 amide bonds. The van der Waals surface area contributed by atoms with Crippen molar-refractivity contribution in [2.45, 2.75) is 26.4 Å². The summed E-state index contributed by atoms with van der Waals surface area (Å²) in [5.41, 5.74) is 2.71. The highest BCUT2D eigenvalue weighted by Crippen LogP contribution is 2.42. The van der Waals surface area contributed by atoms with Crippen LogP contribution in [0.25, 0.3) is 5.76 Å². The predicted octanol–water partition coefficient (Wildman–Crippen LogP) is 4.20. The minimum absolute atomic E-state index is 0.0476. The maximum atomic E-state index is 13.3. The molecular formula is C25H22BrN3O5. The molecule has 1 saturated heterocycles. The van der Waals surface area contributed by atoms with Gasteiger partial charge in [-0.3, -0.25) is 14.6 Å². The first-order chi connectivity index (χ1) is 16.2. The summed E-state index contributed by atoms with van der Waals surface area (Å²) in [6.07, 6.45) is 3.25. The molecule has 0 radical (unpaired) electrons. The molecule has 8 nitrogen and oxygen atoms in total. The quantitative estimate of drug-likeness (QED) is 0.224. The van der Waals surface area contributed by atoms with E-state index >= 15 is 0 Å². The van der Waals surface area contributed by atoms with Crippen LogP contribution in [0, 0.1) is 13.8 Å². The molecule has 3 heterocycles. The number of likely N-dealkylation sites (tertiary alicyclic amines) is 1. The molecule has 2 N–H and O–H groups in total. The third-order valence-corrected chi connectivity index (χ3v) is 6.34. The summed E-state index contributed by atoms with van der Waals surface area (Å²) in [7, 11) is 1.26. The zero-order valence-corrected chi connectivity index (χ0v) is 20.3. The number of aromatic nitrogens is 2. The van der Waals surface area contributed by atoms with Crippen molar-refractivity contribution in [3.05, 3.63) is 92.5 Å². The Morgan fingerprint density at radius 3 is 2.65 bits per heavy atom. The van der Waals surface area contributed by atoms with Gasteiger partial charge in [0.1, 0.15) is 11.5 Å². The van der Waals surface area contributed by atoms with E-state index in [1.54, 1.807) is 50.5 Å². The number of nitrogens with zero attached hydrogens (tertiary/aromatic N) is 2. The first kappa shape index (κ1) is 23.4. The number of esters is 1. The molecule has 174 valence electrons. The molecule has 9 heteroatoms. The minimum Gasteiger partial charge on any atom is -0.507 e. The summed E-state index contributed by atoms with van der Waals surface area (Å²) < 4.78 is 5.57. The number of aliphatic hydroxyl groups is 1. The molecule has 0 spiro atoms. The van der Waals surface area contributed by atoms with Crippen molar-refractivity contribution in [2.75, 3.05) is 7.11 Å². The number of halogens is 1. The van der Waals surface area contributed by atoms with Crippen LogP contribution in [0.3, 0.4) is 0 Å². The standard InChI is InChI=1S/C25H22BrN3O5/c1-13-18(14(2)28-20(13)25(33)34-3)22(30)19-21(16-7-4-8-17(26)10-16)29(24(32)23(19)31)12-15-6-5-9-27-11-15/h4-11,21,28,30H,12H2,1-3H3/b22-19+. The van der Waals surface area contributed by atoms with Crippen LogP contribution in [0.15, 0.2) is 58.8 Å². The normalized spacial score (nSPS) is 17.3. The molecule has 0 saturated carbocycles. The predicted molar refractivity (Wildman–Crippen MR) is 128 cm³/mol. The van der Waals surface area contributed by atoms with Gasteiger partial charge >= 0.3 is 5.97 Å². The summed E-state index contributed by atoms with van der Waals surface area (Å²) in [5.74, 6) is -2.47. The Bertz CT molecular complexity index is 1330. The summed E-state index contributed by atoms with van der Waals surface area (Å²) in [4.78, 5) is 47.0. The Morgan fingerprint density at radius 2 is 2.00 bits per heavy atom. The number of nitrogens with one attached hydrogen (secondary N) is 1. The zero-order chi connectivity index (χ0) is 24.6. The summed E-state index contributed by atoms with van der Waals surface area (Å²) in [6.45, 7) is 3.45. The molecule has 1 unspecified atom stereocenters. The number of hydrogen-bond acceptors (Lipinski definition) is 6. The molecular weight excluding hydrogens is 502 g/mol. The van der Waals surface area contributed by atoms with Crippen molar-refractivity contribution in [1.29, 1.82) is 0 Å². The second-order valence-corrected chi connectivity index (χ2v) is 8.88. The van der Waals surface area contributed by atoms with E-state index in [0.29, 0.717) is 22.4 Å². The van der Waals surface area contributed by atoms with Crippen LogP contribution in [-0.2, 0) is 20.9 Å². The van der Waals surface area contributed by atoms with Crippen molar-refractivity contribution < 1.29 is 24.2 Å². The van der Waals surface area contributed by atoms with E-state index in [0.717, 1.165) is 10.0 Å². The smallest absolute Gasteiger partial charge is 0.354 e. The lowest BCUT2D eigenvalue weighted by Gasteiger charge is -2.25. The van der Waals surface area contributed by atoms with Crippen LogP contribution in [-0.4, -0.2) is 44.7 Å². The molecule has 34 heavy (non-hydrogen) atoms. The van der Waals surface area contributed by atoms with Gasteiger partial charge in [0.05, 0.1) is 18.7 Å². The van der Waals surface area contributed by atoms with Gasteiger partial charge in [-0.05, 0) is 48.7 Å². The van der Waals surface area contributed by atoms with E-state index in [4.69, 9.17) is 4.74 Å². The van der Waals surface area contributed by atoms with E-state index in [1.807, 2.05) is 12.1 Å². The van der Waals surface area contributed by atoms with Gasteiger partial charge in [-0.25, -0.2) is 4.79 Å². The van der Waals surface area contributed by atoms with Crippen LogP contribution >= 0.6 is 15.9 Å². The first-order valence-electron chi connectivity index (χ1n) is 10.4. The van der Waals surface area contributed by atoms with E-state index < -0.39 is 23.7 Å². The van der Waals surface area contributed by atoms with Crippen LogP contribution < -0.4 is 0 Å². The maximum absolute atomic E-state index is 13.3. The monoisotopic (exact) mass is 523 g/mol. The lowest BCUT2D eigenvalue weighted by molar-refractivity contribution is -0.140. The van der Waals surface area contributed by atoms with Gasteiger partial charge in [0, 0.05) is 34.7 Å². The minimum atomic E-state index is -0.840. The van der Waals surface area contributed by atoms with E-state index in [1.165, 1.54) is 12.0 Å². The fourth-order valence-corrected chi connectivity index (χ4v) is 4.72. The van der Waals surface area contributed by atoms with Gasteiger partial charge in [-0.2, -0.15) is 0 Å². The second kappa shape index (κ2) is 9.26. The number of carbonyl (C=O) groups is 3. The highest BCUT2D eigenvalue weighted by molar-refractivity contribution is 9.10. The third kappa shape index (κ3) is 4.03. The number of aryl methyl sites for hydroxylation is 1. The number of ketones is 1. The van der Waals surface area contributed by atoms with Crippen molar-refractivity contribution in [1.82, 2.24) is 14.9 Å². The molecule has 2 aromatic heterocycles. The van der Waals surface area contributed by atoms with Gasteiger partial charge in [0.25, 0.3) is 11.7 Å². The van der Waals surface area contributed by atoms with E-state index in [2.05, 4.69) is 25.9 Å². The van der Waals surface area contributed by atoms with E-state index in [-0.39, 0.29) is 23.6 Å². The molecule has 1 fully saturated rings. The molecule has 4 rings (SSSR count). The average Bonchev–Trinajstić information content (AvgIpc) is 3.26. The van der Waals surface area contributed by atoms with E-state index in [9.17, 15) is 19.5 Å². The SMILES string of the molecule is COC(=O)c1[nH]c(C)c(/C(O)=C2\C(=O)C(=O)N(Cc3cccnc3)C2c2cccc(Br)c2)c1C. The van der Waals surface area contributed by atoms with Gasteiger partial charge < -0.3 is 19.7 Å². The highest BCUT2D eigenvalue weighted by Gasteiger charge is 2.46. The van der Waals surface area contributed by atoms with Crippen LogP contribution in [0.1, 0.15) is 44.5 Å². The van der Waals surface area contributed by atoms with Gasteiger partial charge in [0.2, 0.25) is 0 Å². The largest absolute Gasteiger partial charge is 0.507 e. The van der Waals surface area contributed by atoms with Gasteiger partial charge in [-0.1, -0.05) is 34.1 Å². The maximum Gasteiger partial charge on any atom is 0.354 e. The third-order valence-electron chi connectivity index (χ3n) is 5.84. The number of aliphatic hydroxyl groups excluding tert-OH is 1. The second-order valence-electron chi connectivity index (χ2n) is 7.96. The number of H-pyrrole nitrogens is 1. The first-order valence-corrected chi connectivity index (χ1v) is 11.2. The van der Waals surface area contributed by atoms with Crippen LogP contribution in [0.4, 0.5) is 0 Å². The van der Waals surface area contributed by atoms with Gasteiger partial charge in [-0.15, -0.1) is 0 Å². The zero-order valence-electron chi connectivity index (χ0n) is 18.8. The molecule has 1 aliphatic heterocycles. The van der Waals surface area contributed by atoms with Gasteiger partial charge in [0.15, 0.2) is 0 Å². The number of Topliss-reactive ketones (excluding diaryl/α,β-unsaturated/α-hetero) is 1.